The van der Waals surface area contributed by atoms with E-state index in [-0.39, 0.29) is 11.9 Å². The van der Waals surface area contributed by atoms with E-state index in [4.69, 9.17) is 0 Å². The first-order valence-electron chi connectivity index (χ1n) is 8.33. The lowest BCUT2D eigenvalue weighted by Crippen LogP contribution is -2.36. The average molecular weight is 318 g/mol. The van der Waals surface area contributed by atoms with Crippen LogP contribution in [0.25, 0.3) is 0 Å². The van der Waals surface area contributed by atoms with Gasteiger partial charge >= 0.3 is 0 Å². The second-order valence-electron chi connectivity index (χ2n) is 5.88. The predicted molar refractivity (Wildman–Crippen MR) is 99.4 cm³/mol. The first-order chi connectivity index (χ1) is 11.8. The van der Waals surface area contributed by atoms with Gasteiger partial charge in [-0.15, -0.1) is 0 Å². The Kier molecular flexibility index (Phi) is 5.59. The summed E-state index contributed by atoms with van der Waals surface area (Å²) in [7, 11) is 0. The van der Waals surface area contributed by atoms with E-state index in [0.29, 0.717) is 5.57 Å². The Morgan fingerprint density at radius 1 is 0.875 bits per heavy atom. The fraction of sp³-hybridized carbons (Fsp3) is 0.190. The topological polar surface area (TPSA) is 41.1 Å². The summed E-state index contributed by atoms with van der Waals surface area (Å²) in [6, 6.07) is 0.234. The molecule has 1 amide bonds. The second-order valence-corrected chi connectivity index (χ2v) is 5.88. The molecule has 2 aliphatic carbocycles. The van der Waals surface area contributed by atoms with Crippen LogP contribution in [-0.2, 0) is 4.79 Å². The van der Waals surface area contributed by atoms with E-state index in [1.807, 2.05) is 66.8 Å². The van der Waals surface area contributed by atoms with Gasteiger partial charge in [0.15, 0.2) is 0 Å². The molecule has 1 fully saturated rings. The van der Waals surface area contributed by atoms with Crippen LogP contribution in [-0.4, -0.2) is 25.0 Å². The summed E-state index contributed by atoms with van der Waals surface area (Å²) >= 11 is 0. The monoisotopic (exact) mass is 318 g/mol. The zero-order valence-electron chi connectivity index (χ0n) is 13.6. The van der Waals surface area contributed by atoms with E-state index in [1.165, 1.54) is 0 Å². The van der Waals surface area contributed by atoms with Crippen molar-refractivity contribution in [3.63, 3.8) is 0 Å². The molecule has 0 unspecified atom stereocenters. The summed E-state index contributed by atoms with van der Waals surface area (Å²) in [5, 5.41) is 6.33. The molecule has 122 valence electrons. The molecule has 3 heteroatoms. The highest BCUT2D eigenvalue weighted by Gasteiger charge is 2.17. The molecular weight excluding hydrogens is 296 g/mol. The number of nitrogens with one attached hydrogen (secondary N) is 2. The van der Waals surface area contributed by atoms with Gasteiger partial charge in [0.05, 0.1) is 0 Å². The third-order valence-corrected chi connectivity index (χ3v) is 4.09. The van der Waals surface area contributed by atoms with Crippen molar-refractivity contribution in [3.05, 3.63) is 95.7 Å². The van der Waals surface area contributed by atoms with Gasteiger partial charge in [0, 0.05) is 18.2 Å². The zero-order chi connectivity index (χ0) is 16.6. The molecule has 0 aromatic heterocycles. The fourth-order valence-corrected chi connectivity index (χ4v) is 2.77. The maximum atomic E-state index is 12.3. The van der Waals surface area contributed by atoms with Crippen LogP contribution in [0.5, 0.6) is 0 Å². The molecule has 1 saturated heterocycles. The van der Waals surface area contributed by atoms with Gasteiger partial charge in [-0.25, -0.2) is 0 Å². The molecule has 0 bridgehead atoms. The molecule has 0 radical (unpaired) electrons. The Morgan fingerprint density at radius 2 is 1.58 bits per heavy atom. The Morgan fingerprint density at radius 3 is 2.42 bits per heavy atom. The van der Waals surface area contributed by atoms with Gasteiger partial charge < -0.3 is 10.6 Å². The first-order valence-corrected chi connectivity index (χ1v) is 8.33. The maximum absolute atomic E-state index is 12.3. The molecule has 1 heterocycles. The SMILES string of the molecule is O=C(N[C@@H]1CCNC1)C1=C\C=C/C(/C2=C\C=C/C=C\C=C2)=C\C=C1. The second kappa shape index (κ2) is 8.27. The van der Waals surface area contributed by atoms with Crippen LogP contribution in [0, 0.1) is 0 Å². The lowest BCUT2D eigenvalue weighted by atomic mass is 10.0. The molecule has 1 atom stereocenters. The van der Waals surface area contributed by atoms with Gasteiger partial charge in [0.2, 0.25) is 0 Å². The Labute approximate surface area is 143 Å². The van der Waals surface area contributed by atoms with Gasteiger partial charge in [0.25, 0.3) is 5.91 Å². The standard InChI is InChI=1S/C21H22N2O/c24-21(23-20-14-15-22-16-20)19-12-6-10-18(11-7-13-19)17-8-4-2-1-3-5-9-17/h1-13,20,22H,14-16H2,(H,23,24)/b2-1-,3-1?,4-2?,5-3-,8-4?,9-5?,10-6-,11-7?,12-6?,13-7?,17-8?,17-9-,18-10?,18-11+,19-12?,19-13?/t20-/m1/s1. The first kappa shape index (κ1) is 16.2. The molecule has 1 aliphatic heterocycles. The largest absolute Gasteiger partial charge is 0.348 e. The Balaban J connectivity index is 1.69. The lowest BCUT2D eigenvalue weighted by molar-refractivity contribution is -0.117. The van der Waals surface area contributed by atoms with Crippen molar-refractivity contribution < 1.29 is 4.79 Å². The molecule has 24 heavy (non-hydrogen) atoms. The van der Waals surface area contributed by atoms with Crippen LogP contribution in [0.15, 0.2) is 95.7 Å². The summed E-state index contributed by atoms with van der Waals surface area (Å²) in [6.45, 7) is 1.82. The van der Waals surface area contributed by atoms with E-state index in [0.717, 1.165) is 30.7 Å². The Hall–Kier alpha value is -2.65. The van der Waals surface area contributed by atoms with E-state index < -0.39 is 0 Å². The molecule has 2 N–H and O–H groups in total. The van der Waals surface area contributed by atoms with Gasteiger partial charge in [-0.1, -0.05) is 66.8 Å². The fourth-order valence-electron chi connectivity index (χ4n) is 2.77. The number of carbonyl (C=O) groups excluding carboxylic acids is 1. The average Bonchev–Trinajstić information content (AvgIpc) is 3.00. The molecule has 0 aromatic carbocycles. The van der Waals surface area contributed by atoms with E-state index >= 15 is 0 Å². The summed E-state index contributed by atoms with van der Waals surface area (Å²) in [4.78, 5) is 12.3. The maximum Gasteiger partial charge on any atom is 0.251 e. The quantitative estimate of drug-likeness (QED) is 0.840. The number of carbonyl (C=O) groups is 1. The van der Waals surface area contributed by atoms with Crippen LogP contribution < -0.4 is 10.6 Å². The van der Waals surface area contributed by atoms with Gasteiger partial charge in [0.1, 0.15) is 0 Å². The molecule has 3 aliphatic rings. The Bertz CT molecular complexity index is 721. The predicted octanol–water partition coefficient (Wildman–Crippen LogP) is 3.05. The van der Waals surface area contributed by atoms with Crippen LogP contribution in [0.2, 0.25) is 0 Å². The summed E-state index contributed by atoms with van der Waals surface area (Å²) in [5.74, 6) is -0.0143. The van der Waals surface area contributed by atoms with Crippen LogP contribution in [0.1, 0.15) is 6.42 Å². The van der Waals surface area contributed by atoms with Crippen molar-refractivity contribution in [1.29, 1.82) is 0 Å². The lowest BCUT2D eigenvalue weighted by Gasteiger charge is -2.12. The minimum absolute atomic E-state index is 0.0143. The molecule has 3 rings (SSSR count). The number of hydrogen-bond acceptors (Lipinski definition) is 2. The highest BCUT2D eigenvalue weighted by Crippen LogP contribution is 2.17. The summed E-state index contributed by atoms with van der Waals surface area (Å²) in [5.41, 5.74) is 2.92. The smallest absolute Gasteiger partial charge is 0.251 e. The summed E-state index contributed by atoms with van der Waals surface area (Å²) < 4.78 is 0. The van der Waals surface area contributed by atoms with Gasteiger partial charge in [-0.3, -0.25) is 4.79 Å². The third-order valence-electron chi connectivity index (χ3n) is 4.09. The molecule has 0 saturated carbocycles. The minimum Gasteiger partial charge on any atom is -0.348 e. The summed E-state index contributed by atoms with van der Waals surface area (Å²) in [6.07, 6.45) is 26.9. The van der Waals surface area contributed by atoms with Crippen molar-refractivity contribution in [1.82, 2.24) is 10.6 Å². The van der Waals surface area contributed by atoms with Crippen LogP contribution in [0.3, 0.4) is 0 Å². The van der Waals surface area contributed by atoms with Crippen molar-refractivity contribution in [2.75, 3.05) is 13.1 Å². The minimum atomic E-state index is -0.0143. The van der Waals surface area contributed by atoms with Crippen molar-refractivity contribution >= 4 is 5.91 Å². The van der Waals surface area contributed by atoms with Crippen molar-refractivity contribution in [3.8, 4) is 0 Å². The number of rotatable bonds is 3. The number of allylic oxidation sites excluding steroid dienone is 14. The highest BCUT2D eigenvalue weighted by atomic mass is 16.1. The highest BCUT2D eigenvalue weighted by molar-refractivity contribution is 5.96. The molecule has 3 nitrogen and oxygen atoms in total. The van der Waals surface area contributed by atoms with Gasteiger partial charge in [-0.05, 0) is 36.3 Å². The van der Waals surface area contributed by atoms with Crippen molar-refractivity contribution in [2.45, 2.75) is 12.5 Å². The third kappa shape index (κ3) is 4.43. The van der Waals surface area contributed by atoms with Gasteiger partial charge in [-0.2, -0.15) is 0 Å². The van der Waals surface area contributed by atoms with Crippen molar-refractivity contribution in [2.24, 2.45) is 0 Å². The molecular formula is C21H22N2O. The normalized spacial score (nSPS) is 31.2. The number of amides is 1. The molecule has 0 aromatic rings. The van der Waals surface area contributed by atoms with Crippen LogP contribution in [0.4, 0.5) is 0 Å². The zero-order valence-corrected chi connectivity index (χ0v) is 13.6. The van der Waals surface area contributed by atoms with Crippen LogP contribution >= 0.6 is 0 Å². The van der Waals surface area contributed by atoms with E-state index in [9.17, 15) is 4.79 Å². The number of hydrogen-bond donors (Lipinski definition) is 2. The van der Waals surface area contributed by atoms with E-state index in [1.54, 1.807) is 0 Å². The molecule has 0 spiro atoms. The van der Waals surface area contributed by atoms with E-state index in [2.05, 4.69) is 22.8 Å².